The molecule has 0 radical (unpaired) electrons. The Labute approximate surface area is 353 Å². The minimum absolute atomic E-state index is 0.0692. The zero-order valence-corrected chi connectivity index (χ0v) is 37.7. The molecule has 0 bridgehead atoms. The summed E-state index contributed by atoms with van der Waals surface area (Å²) in [6.07, 6.45) is 49.3. The van der Waals surface area contributed by atoms with Crippen LogP contribution in [0.3, 0.4) is 0 Å². The summed E-state index contributed by atoms with van der Waals surface area (Å²) in [5.74, 6) is -1.25. The Balaban J connectivity index is 5.29. The Morgan fingerprint density at radius 3 is 1.24 bits per heavy atom. The number of allylic oxidation sites excluding steroid dienone is 16. The van der Waals surface area contributed by atoms with Crippen molar-refractivity contribution < 1.29 is 42.8 Å². The Morgan fingerprint density at radius 2 is 0.931 bits per heavy atom. The van der Waals surface area contributed by atoms with Gasteiger partial charge in [0, 0.05) is 12.8 Å². The summed E-state index contributed by atoms with van der Waals surface area (Å²) >= 11 is 0. The highest BCUT2D eigenvalue weighted by atomic mass is 31.2. The minimum atomic E-state index is -5.26. The van der Waals surface area contributed by atoms with E-state index in [4.69, 9.17) is 14.2 Å². The van der Waals surface area contributed by atoms with Crippen LogP contribution in [0.4, 0.5) is 0 Å². The lowest BCUT2D eigenvalue weighted by Crippen LogP contribution is -2.60. The summed E-state index contributed by atoms with van der Waals surface area (Å²) in [7, 11) is -0.00519. The minimum Gasteiger partial charge on any atom is -0.756 e. The standard InChI is InChI=1S/C48H80NO8P/c1-6-8-10-12-14-16-18-20-22-24-26-28-30-32-34-36-38-40-46(52)48(44-49(3,4)5,57-58(54,55)56-43-45(51)42-50)47(53)41-39-37-35-33-31-29-27-25-23-21-19-17-15-13-11-9-7-2/h14-17,20-23,26-29,32-35,45,50-51H,6-13,18-19,24-25,30-31,36-44H2,1-5H3/b16-14-,17-15-,22-20-,23-21-,28-26-,29-27-,34-32-,35-33-. The molecule has 9 nitrogen and oxygen atoms in total. The van der Waals surface area contributed by atoms with Crippen molar-refractivity contribution in [2.45, 2.75) is 154 Å². The van der Waals surface area contributed by atoms with Crippen molar-refractivity contribution >= 4 is 19.4 Å². The van der Waals surface area contributed by atoms with E-state index in [2.05, 4.69) is 86.8 Å². The van der Waals surface area contributed by atoms with Gasteiger partial charge in [-0.05, 0) is 89.9 Å². The van der Waals surface area contributed by atoms with Crippen molar-refractivity contribution in [2.24, 2.45) is 0 Å². The maximum Gasteiger partial charge on any atom is 0.269 e. The van der Waals surface area contributed by atoms with Gasteiger partial charge in [0.25, 0.3) is 7.82 Å². The van der Waals surface area contributed by atoms with Crippen molar-refractivity contribution in [3.8, 4) is 0 Å². The van der Waals surface area contributed by atoms with Crippen LogP contribution in [0.25, 0.3) is 0 Å². The summed E-state index contributed by atoms with van der Waals surface area (Å²) in [5.41, 5.74) is -2.30. The SMILES string of the molecule is CCCCC/C=C\C/C=C\C/C=C\C/C=C\CCCC(=O)C(C[N+](C)(C)C)(OP(=O)([O-])OCC(O)CO)C(=O)CCC/C=C\C/C=C\C/C=C\C/C=C\CCCCC. The van der Waals surface area contributed by atoms with Gasteiger partial charge >= 0.3 is 0 Å². The average molecular weight is 830 g/mol. The van der Waals surface area contributed by atoms with Crippen LogP contribution in [0, 0.1) is 0 Å². The molecular formula is C48H80NO8P. The van der Waals surface area contributed by atoms with E-state index in [0.717, 1.165) is 51.4 Å². The van der Waals surface area contributed by atoms with Crippen LogP contribution >= 0.6 is 7.82 Å². The van der Waals surface area contributed by atoms with E-state index in [1.54, 1.807) is 21.1 Å². The van der Waals surface area contributed by atoms with E-state index < -0.39 is 44.3 Å². The second-order valence-corrected chi connectivity index (χ2v) is 17.1. The van der Waals surface area contributed by atoms with Gasteiger partial charge in [-0.3, -0.25) is 18.7 Å². The molecule has 2 N–H and O–H groups in total. The maximum absolute atomic E-state index is 14.0. The number of phosphoric acid groups is 1. The summed E-state index contributed by atoms with van der Waals surface area (Å²) in [6.45, 7) is 2.71. The van der Waals surface area contributed by atoms with E-state index in [9.17, 15) is 24.2 Å². The lowest BCUT2D eigenvalue weighted by atomic mass is 9.86. The van der Waals surface area contributed by atoms with E-state index in [1.807, 2.05) is 24.3 Å². The van der Waals surface area contributed by atoms with Crippen LogP contribution in [0.5, 0.6) is 0 Å². The third kappa shape index (κ3) is 32.1. The van der Waals surface area contributed by atoms with Crippen molar-refractivity contribution in [3.05, 3.63) is 97.2 Å². The molecule has 0 rings (SSSR count). The number of quaternary nitrogens is 1. The van der Waals surface area contributed by atoms with Gasteiger partial charge in [-0.2, -0.15) is 0 Å². The van der Waals surface area contributed by atoms with Crippen LogP contribution in [0.15, 0.2) is 97.2 Å². The highest BCUT2D eigenvalue weighted by Crippen LogP contribution is 2.45. The monoisotopic (exact) mass is 830 g/mol. The number of nitrogens with zero attached hydrogens (tertiary/aromatic N) is 1. The number of hydrogen-bond donors (Lipinski definition) is 2. The van der Waals surface area contributed by atoms with Gasteiger partial charge in [0.2, 0.25) is 5.60 Å². The number of Topliss-reactive ketones (excluding diaryl/α,β-unsaturated/α-hetero) is 2. The van der Waals surface area contributed by atoms with Gasteiger partial charge < -0.3 is 24.1 Å². The summed E-state index contributed by atoms with van der Waals surface area (Å²) in [6, 6.07) is 0. The molecule has 330 valence electrons. The topological polar surface area (TPSA) is 133 Å². The molecule has 0 aliphatic carbocycles. The number of likely N-dealkylation sites (N-methyl/N-ethyl adjacent to an activating group) is 1. The number of unbranched alkanes of at least 4 members (excludes halogenated alkanes) is 8. The molecular weight excluding hydrogens is 750 g/mol. The largest absolute Gasteiger partial charge is 0.756 e. The molecule has 0 aliphatic heterocycles. The molecule has 0 spiro atoms. The lowest BCUT2D eigenvalue weighted by molar-refractivity contribution is -0.874. The fraction of sp³-hybridized carbons (Fsp3) is 0.625. The first-order valence-corrected chi connectivity index (χ1v) is 23.3. The number of aliphatic hydroxyl groups excluding tert-OH is 2. The number of carbonyl (C=O) groups excluding carboxylic acids is 2. The molecule has 58 heavy (non-hydrogen) atoms. The Kier molecular flexibility index (Phi) is 34.4. The zero-order chi connectivity index (χ0) is 43.2. The van der Waals surface area contributed by atoms with Crippen LogP contribution in [0.1, 0.15) is 142 Å². The predicted molar refractivity (Wildman–Crippen MR) is 240 cm³/mol. The molecule has 0 aromatic carbocycles. The van der Waals surface area contributed by atoms with Crippen LogP contribution in [-0.4, -0.2) is 78.9 Å². The molecule has 10 heteroatoms. The van der Waals surface area contributed by atoms with E-state index in [1.165, 1.54) is 38.5 Å². The predicted octanol–water partition coefficient (Wildman–Crippen LogP) is 10.7. The first kappa shape index (κ1) is 55.2. The van der Waals surface area contributed by atoms with Crippen LogP contribution in [-0.2, 0) is 23.2 Å². The number of aliphatic hydroxyl groups is 2. The molecule has 0 saturated carbocycles. The normalized spacial score (nSPS) is 15.0. The quantitative estimate of drug-likeness (QED) is 0.0207. The average Bonchev–Trinajstić information content (AvgIpc) is 3.18. The van der Waals surface area contributed by atoms with Gasteiger partial charge in [0.1, 0.15) is 12.6 Å². The van der Waals surface area contributed by atoms with Gasteiger partial charge in [0.05, 0.1) is 34.4 Å². The van der Waals surface area contributed by atoms with Gasteiger partial charge in [0.15, 0.2) is 11.6 Å². The molecule has 0 saturated heterocycles. The Morgan fingerprint density at radius 1 is 0.603 bits per heavy atom. The van der Waals surface area contributed by atoms with E-state index in [-0.39, 0.29) is 23.9 Å². The fourth-order valence-electron chi connectivity index (χ4n) is 5.86. The second-order valence-electron chi connectivity index (χ2n) is 15.8. The summed E-state index contributed by atoms with van der Waals surface area (Å²) in [4.78, 5) is 41.0. The van der Waals surface area contributed by atoms with Gasteiger partial charge in [-0.25, -0.2) is 0 Å². The Hall–Kier alpha value is -2.75. The summed E-state index contributed by atoms with van der Waals surface area (Å²) in [5, 5.41) is 18.8. The van der Waals surface area contributed by atoms with E-state index in [0.29, 0.717) is 25.7 Å². The number of carbonyl (C=O) groups is 2. The van der Waals surface area contributed by atoms with Gasteiger partial charge in [-0.1, -0.05) is 137 Å². The smallest absolute Gasteiger partial charge is 0.269 e. The molecule has 0 heterocycles. The molecule has 0 amide bonds. The van der Waals surface area contributed by atoms with Crippen LogP contribution < -0.4 is 4.89 Å². The molecule has 0 aromatic heterocycles. The molecule has 0 aromatic rings. The molecule has 0 aliphatic rings. The number of phosphoric ester groups is 1. The molecule has 2 atom stereocenters. The second kappa shape index (κ2) is 36.1. The zero-order valence-electron chi connectivity index (χ0n) is 36.8. The van der Waals surface area contributed by atoms with Gasteiger partial charge in [-0.15, -0.1) is 0 Å². The first-order valence-electron chi connectivity index (χ1n) is 21.9. The third-order valence-electron chi connectivity index (χ3n) is 8.97. The van der Waals surface area contributed by atoms with Crippen molar-refractivity contribution in [1.29, 1.82) is 0 Å². The number of ketones is 2. The highest BCUT2D eigenvalue weighted by Gasteiger charge is 2.52. The Bertz CT molecular complexity index is 1280. The maximum atomic E-state index is 14.0. The highest BCUT2D eigenvalue weighted by molar-refractivity contribution is 7.46. The third-order valence-corrected chi connectivity index (χ3v) is 9.97. The molecule has 2 unspecified atom stereocenters. The van der Waals surface area contributed by atoms with Crippen molar-refractivity contribution in [1.82, 2.24) is 0 Å². The van der Waals surface area contributed by atoms with E-state index >= 15 is 0 Å². The van der Waals surface area contributed by atoms with Crippen molar-refractivity contribution in [2.75, 3.05) is 40.9 Å². The molecule has 0 fully saturated rings. The van der Waals surface area contributed by atoms with Crippen molar-refractivity contribution in [3.63, 3.8) is 0 Å². The number of hydrogen-bond acceptors (Lipinski definition) is 8. The van der Waals surface area contributed by atoms with Crippen LogP contribution in [0.2, 0.25) is 0 Å². The number of rotatable bonds is 38. The summed E-state index contributed by atoms with van der Waals surface area (Å²) < 4.78 is 23.5. The lowest BCUT2D eigenvalue weighted by Gasteiger charge is -2.40. The first-order chi connectivity index (χ1) is 27.8. The fourth-order valence-corrected chi connectivity index (χ4v) is 6.91.